The number of methoxy groups -OCH3 is 2. The van der Waals surface area contributed by atoms with Gasteiger partial charge in [0.1, 0.15) is 17.4 Å². The molecule has 9 nitrogen and oxygen atoms in total. The summed E-state index contributed by atoms with van der Waals surface area (Å²) >= 11 is 1.58. The van der Waals surface area contributed by atoms with Crippen molar-refractivity contribution in [1.82, 2.24) is 24.6 Å². The molecule has 0 bridgehead atoms. The Morgan fingerprint density at radius 3 is 2.61 bits per heavy atom. The zero-order valence-electron chi connectivity index (χ0n) is 18.6. The molecule has 4 aromatic rings. The number of amides is 1. The summed E-state index contributed by atoms with van der Waals surface area (Å²) in [7, 11) is 3.23. The van der Waals surface area contributed by atoms with E-state index in [-0.39, 0.29) is 12.5 Å². The van der Waals surface area contributed by atoms with E-state index >= 15 is 0 Å². The second kappa shape index (κ2) is 10.5. The maximum absolute atomic E-state index is 12.8. The molecule has 1 aromatic carbocycles. The Morgan fingerprint density at radius 2 is 1.88 bits per heavy atom. The van der Waals surface area contributed by atoms with Gasteiger partial charge in [0.15, 0.2) is 0 Å². The van der Waals surface area contributed by atoms with Crippen molar-refractivity contribution < 1.29 is 14.3 Å². The molecule has 0 saturated heterocycles. The van der Waals surface area contributed by atoms with Gasteiger partial charge in [-0.1, -0.05) is 12.1 Å². The van der Waals surface area contributed by atoms with Crippen molar-refractivity contribution in [1.29, 1.82) is 0 Å². The van der Waals surface area contributed by atoms with Crippen LogP contribution < -0.4 is 5.73 Å². The fourth-order valence-electron chi connectivity index (χ4n) is 3.39. The predicted molar refractivity (Wildman–Crippen MR) is 129 cm³/mol. The van der Waals surface area contributed by atoms with Crippen molar-refractivity contribution in [2.24, 2.45) is 0 Å². The number of anilines is 1. The average molecular weight is 467 g/mol. The maximum atomic E-state index is 12.8. The number of carbonyl (C=O) groups is 1. The van der Waals surface area contributed by atoms with Crippen LogP contribution in [0.2, 0.25) is 0 Å². The SMILES string of the molecule is COCCN(CCOC)C(=O)Cn1cc(-c2cnc(N)c(-c3nc4ccccc4s3)c2)cn1. The molecule has 33 heavy (non-hydrogen) atoms. The monoisotopic (exact) mass is 466 g/mol. The van der Waals surface area contributed by atoms with E-state index in [2.05, 4.69) is 10.1 Å². The van der Waals surface area contributed by atoms with Gasteiger partial charge in [0.05, 0.1) is 35.2 Å². The molecule has 10 heteroatoms. The van der Waals surface area contributed by atoms with E-state index in [1.807, 2.05) is 36.5 Å². The highest BCUT2D eigenvalue weighted by molar-refractivity contribution is 7.21. The first-order valence-electron chi connectivity index (χ1n) is 10.5. The van der Waals surface area contributed by atoms with Gasteiger partial charge in [0, 0.05) is 50.8 Å². The van der Waals surface area contributed by atoms with E-state index in [4.69, 9.17) is 20.2 Å². The molecule has 2 N–H and O–H groups in total. The third-order valence-electron chi connectivity index (χ3n) is 5.19. The zero-order valence-corrected chi connectivity index (χ0v) is 19.4. The Kier molecular flexibility index (Phi) is 7.28. The van der Waals surface area contributed by atoms with Gasteiger partial charge in [-0.3, -0.25) is 9.48 Å². The fourth-order valence-corrected chi connectivity index (χ4v) is 4.38. The first-order chi connectivity index (χ1) is 16.1. The molecule has 0 atom stereocenters. The normalized spacial score (nSPS) is 11.2. The van der Waals surface area contributed by atoms with E-state index in [0.717, 1.165) is 31.9 Å². The number of nitrogens with zero attached hydrogens (tertiary/aromatic N) is 5. The summed E-state index contributed by atoms with van der Waals surface area (Å²) in [6.07, 6.45) is 5.26. The van der Waals surface area contributed by atoms with Crippen LogP contribution in [0.3, 0.4) is 0 Å². The van der Waals surface area contributed by atoms with Crippen molar-refractivity contribution in [2.75, 3.05) is 46.3 Å². The number of hydrogen-bond donors (Lipinski definition) is 1. The minimum Gasteiger partial charge on any atom is -0.383 e. The number of pyridine rings is 1. The molecule has 0 aliphatic heterocycles. The summed E-state index contributed by atoms with van der Waals surface area (Å²) in [5.41, 5.74) is 9.58. The van der Waals surface area contributed by atoms with Crippen molar-refractivity contribution in [3.8, 4) is 21.7 Å². The second-order valence-corrected chi connectivity index (χ2v) is 8.47. The number of nitrogens with two attached hydrogens (primary N) is 1. The molecule has 0 aliphatic carbocycles. The van der Waals surface area contributed by atoms with E-state index in [1.165, 1.54) is 0 Å². The Labute approximate surface area is 195 Å². The van der Waals surface area contributed by atoms with Crippen LogP contribution in [-0.2, 0) is 20.8 Å². The topological polar surface area (TPSA) is 108 Å². The minimum atomic E-state index is -0.0515. The Balaban J connectivity index is 1.53. The van der Waals surface area contributed by atoms with Gasteiger partial charge in [-0.2, -0.15) is 5.10 Å². The summed E-state index contributed by atoms with van der Waals surface area (Å²) in [6.45, 7) is 2.05. The molecule has 0 fully saturated rings. The second-order valence-electron chi connectivity index (χ2n) is 7.44. The number of benzene rings is 1. The Bertz CT molecular complexity index is 1200. The van der Waals surface area contributed by atoms with Crippen LogP contribution in [0.1, 0.15) is 0 Å². The molecule has 1 amide bonds. The largest absolute Gasteiger partial charge is 0.383 e. The number of carbonyl (C=O) groups excluding carboxylic acids is 1. The van der Waals surface area contributed by atoms with E-state index < -0.39 is 0 Å². The number of rotatable bonds is 10. The number of thiazole rings is 1. The fraction of sp³-hybridized carbons (Fsp3) is 0.304. The third kappa shape index (κ3) is 5.36. The van der Waals surface area contributed by atoms with Crippen LogP contribution in [0.15, 0.2) is 48.9 Å². The van der Waals surface area contributed by atoms with Crippen LogP contribution in [0, 0.1) is 0 Å². The minimum absolute atomic E-state index is 0.0515. The summed E-state index contributed by atoms with van der Waals surface area (Å²) in [6, 6.07) is 9.93. The van der Waals surface area contributed by atoms with E-state index in [9.17, 15) is 4.79 Å². The Hall–Kier alpha value is -3.34. The predicted octanol–water partition coefficient (Wildman–Crippen LogP) is 2.93. The molecule has 0 spiro atoms. The van der Waals surface area contributed by atoms with Gasteiger partial charge in [-0.15, -0.1) is 11.3 Å². The quantitative estimate of drug-likeness (QED) is 0.383. The summed E-state index contributed by atoms with van der Waals surface area (Å²) in [5, 5.41) is 5.19. The average Bonchev–Trinajstić information content (AvgIpc) is 3.46. The van der Waals surface area contributed by atoms with Crippen LogP contribution >= 0.6 is 11.3 Å². The molecule has 3 heterocycles. The highest BCUT2D eigenvalue weighted by Gasteiger charge is 2.16. The number of hydrogen-bond acceptors (Lipinski definition) is 8. The van der Waals surface area contributed by atoms with Crippen LogP contribution in [0.5, 0.6) is 0 Å². The number of fused-ring (bicyclic) bond motifs is 1. The molecule has 0 unspecified atom stereocenters. The first kappa shape index (κ1) is 22.8. The molecular weight excluding hydrogens is 440 g/mol. The molecule has 4 rings (SSSR count). The number of para-hydroxylation sites is 1. The zero-order chi connectivity index (χ0) is 23.2. The van der Waals surface area contributed by atoms with Crippen molar-refractivity contribution >= 4 is 33.3 Å². The van der Waals surface area contributed by atoms with Gasteiger partial charge < -0.3 is 20.1 Å². The van der Waals surface area contributed by atoms with Crippen molar-refractivity contribution in [2.45, 2.75) is 6.54 Å². The smallest absolute Gasteiger partial charge is 0.244 e. The van der Waals surface area contributed by atoms with Crippen molar-refractivity contribution in [3.05, 3.63) is 48.9 Å². The number of nitrogen functional groups attached to an aromatic ring is 1. The summed E-state index contributed by atoms with van der Waals surface area (Å²) in [4.78, 5) is 23.5. The van der Waals surface area contributed by atoms with Gasteiger partial charge in [0.2, 0.25) is 5.91 Å². The van der Waals surface area contributed by atoms with Gasteiger partial charge in [-0.25, -0.2) is 9.97 Å². The number of ether oxygens (including phenoxy) is 2. The summed E-state index contributed by atoms with van der Waals surface area (Å²) in [5.74, 6) is 0.372. The molecule has 172 valence electrons. The highest BCUT2D eigenvalue weighted by Crippen LogP contribution is 2.34. The van der Waals surface area contributed by atoms with Crippen LogP contribution in [0.4, 0.5) is 5.82 Å². The van der Waals surface area contributed by atoms with Gasteiger partial charge in [0.25, 0.3) is 0 Å². The lowest BCUT2D eigenvalue weighted by molar-refractivity contribution is -0.133. The van der Waals surface area contributed by atoms with Crippen LogP contribution in [-0.4, -0.2) is 71.1 Å². The maximum Gasteiger partial charge on any atom is 0.244 e. The lowest BCUT2D eigenvalue weighted by atomic mass is 10.1. The third-order valence-corrected chi connectivity index (χ3v) is 6.26. The lowest BCUT2D eigenvalue weighted by Gasteiger charge is -2.22. The number of aromatic nitrogens is 4. The highest BCUT2D eigenvalue weighted by atomic mass is 32.1. The molecular formula is C23H26N6O3S. The molecule has 0 saturated carbocycles. The van der Waals surface area contributed by atoms with Crippen LogP contribution in [0.25, 0.3) is 31.9 Å². The van der Waals surface area contributed by atoms with E-state index in [0.29, 0.717) is 32.1 Å². The Morgan fingerprint density at radius 1 is 1.12 bits per heavy atom. The van der Waals surface area contributed by atoms with E-state index in [1.54, 1.807) is 47.5 Å². The molecule has 0 radical (unpaired) electrons. The lowest BCUT2D eigenvalue weighted by Crippen LogP contribution is -2.38. The summed E-state index contributed by atoms with van der Waals surface area (Å²) < 4.78 is 12.9. The van der Waals surface area contributed by atoms with Gasteiger partial charge >= 0.3 is 0 Å². The standard InChI is InChI=1S/C23H26N6O3S/c1-31-9-7-28(8-10-32-2)21(30)15-29-14-17(13-26-29)16-11-18(22(24)25-12-16)23-27-19-5-3-4-6-20(19)33-23/h3-6,11-14H,7-10,15H2,1-2H3,(H2,24,25). The molecule has 0 aliphatic rings. The molecule has 3 aromatic heterocycles. The van der Waals surface area contributed by atoms with Gasteiger partial charge in [-0.05, 0) is 18.2 Å². The van der Waals surface area contributed by atoms with Crippen molar-refractivity contribution in [3.63, 3.8) is 0 Å². The first-order valence-corrected chi connectivity index (χ1v) is 11.3.